The van der Waals surface area contributed by atoms with E-state index in [1.165, 1.54) is 37.4 Å². The number of carbonyl (C=O) groups excluding carboxylic acids is 2. The summed E-state index contributed by atoms with van der Waals surface area (Å²) in [6.45, 7) is 1.76. The maximum Gasteiger partial charge on any atom is 0.417 e. The Kier molecular flexibility index (Phi) is 5.08. The number of nitrogens with zero attached hydrogens (tertiary/aromatic N) is 2. The molecule has 1 amide bonds. The van der Waals surface area contributed by atoms with Crippen LogP contribution in [0, 0.1) is 0 Å². The number of benzene rings is 1. The molecule has 0 fully saturated rings. The summed E-state index contributed by atoms with van der Waals surface area (Å²) < 4.78 is 44.9. The summed E-state index contributed by atoms with van der Waals surface area (Å²) >= 11 is 0. The third-order valence-corrected chi connectivity index (χ3v) is 4.13. The van der Waals surface area contributed by atoms with Crippen LogP contribution in [0.5, 0.6) is 0 Å². The summed E-state index contributed by atoms with van der Waals surface area (Å²) in [6, 6.07) is 8.09. The number of ether oxygens (including phenoxy) is 1. The Bertz CT molecular complexity index is 1040. The van der Waals surface area contributed by atoms with Crippen molar-refractivity contribution in [1.82, 2.24) is 9.38 Å². The second-order valence-corrected chi connectivity index (χ2v) is 5.93. The van der Waals surface area contributed by atoms with Gasteiger partial charge in [-0.1, -0.05) is 6.92 Å². The first kappa shape index (κ1) is 19.4. The van der Waals surface area contributed by atoms with Gasteiger partial charge in [-0.15, -0.1) is 0 Å². The number of imidazole rings is 1. The molecule has 3 rings (SSSR count). The van der Waals surface area contributed by atoms with E-state index in [0.717, 1.165) is 16.7 Å². The average Bonchev–Trinajstić information content (AvgIpc) is 3.05. The van der Waals surface area contributed by atoms with Crippen molar-refractivity contribution >= 4 is 23.2 Å². The second-order valence-electron chi connectivity index (χ2n) is 5.93. The van der Waals surface area contributed by atoms with Crippen molar-refractivity contribution in [1.29, 1.82) is 0 Å². The van der Waals surface area contributed by atoms with E-state index in [9.17, 15) is 22.8 Å². The smallest absolute Gasteiger partial charge is 0.417 e. The summed E-state index contributed by atoms with van der Waals surface area (Å²) in [7, 11) is 1.25. The van der Waals surface area contributed by atoms with Crippen LogP contribution in [0.4, 0.5) is 18.9 Å². The van der Waals surface area contributed by atoms with Gasteiger partial charge in [-0.05, 0) is 42.8 Å². The van der Waals surface area contributed by atoms with Crippen LogP contribution in [0.2, 0.25) is 0 Å². The zero-order valence-electron chi connectivity index (χ0n) is 15.0. The Labute approximate surface area is 157 Å². The van der Waals surface area contributed by atoms with Gasteiger partial charge in [-0.2, -0.15) is 13.2 Å². The number of alkyl halides is 3. The first-order valence-electron chi connectivity index (χ1n) is 8.32. The maximum atomic E-state index is 13.0. The molecule has 2 aromatic heterocycles. The van der Waals surface area contributed by atoms with E-state index >= 15 is 0 Å². The van der Waals surface area contributed by atoms with Crippen LogP contribution in [0.3, 0.4) is 0 Å². The van der Waals surface area contributed by atoms with E-state index in [4.69, 9.17) is 0 Å². The van der Waals surface area contributed by atoms with Crippen molar-refractivity contribution in [3.8, 4) is 0 Å². The molecule has 0 bridgehead atoms. The number of anilines is 1. The van der Waals surface area contributed by atoms with Crippen molar-refractivity contribution in [2.45, 2.75) is 19.5 Å². The molecule has 0 aliphatic carbocycles. The Hall–Kier alpha value is -3.36. The molecule has 28 heavy (non-hydrogen) atoms. The number of halogens is 3. The number of pyridine rings is 1. The molecule has 0 unspecified atom stereocenters. The number of aryl methyl sites for hydroxylation is 1. The molecule has 0 spiro atoms. The van der Waals surface area contributed by atoms with Crippen LogP contribution in [0.15, 0.2) is 42.6 Å². The lowest BCUT2D eigenvalue weighted by Gasteiger charge is -2.10. The van der Waals surface area contributed by atoms with Gasteiger partial charge in [-0.3, -0.25) is 9.20 Å². The minimum atomic E-state index is -4.54. The van der Waals surface area contributed by atoms with Crippen LogP contribution in [-0.2, 0) is 17.3 Å². The molecule has 146 valence electrons. The Morgan fingerprint density at radius 1 is 1.14 bits per heavy atom. The molecule has 1 aromatic carbocycles. The monoisotopic (exact) mass is 391 g/mol. The lowest BCUT2D eigenvalue weighted by Crippen LogP contribution is -2.17. The summed E-state index contributed by atoms with van der Waals surface area (Å²) in [5, 5.41) is 2.62. The highest BCUT2D eigenvalue weighted by molar-refractivity contribution is 6.04. The van der Waals surface area contributed by atoms with E-state index in [2.05, 4.69) is 15.0 Å². The van der Waals surface area contributed by atoms with Gasteiger partial charge in [0.25, 0.3) is 5.91 Å². The van der Waals surface area contributed by atoms with Crippen molar-refractivity contribution in [3.05, 3.63) is 65.1 Å². The minimum absolute atomic E-state index is 0.0284. The highest BCUT2D eigenvalue weighted by atomic mass is 19.4. The first-order chi connectivity index (χ1) is 13.2. The molecule has 2 heterocycles. The van der Waals surface area contributed by atoms with E-state index in [1.54, 1.807) is 6.92 Å². The topological polar surface area (TPSA) is 72.7 Å². The number of nitrogens with one attached hydrogen (secondary N) is 1. The number of hydrogen-bond acceptors (Lipinski definition) is 4. The molecule has 0 aliphatic heterocycles. The van der Waals surface area contributed by atoms with E-state index in [-0.39, 0.29) is 11.3 Å². The van der Waals surface area contributed by atoms with Crippen LogP contribution < -0.4 is 5.32 Å². The fraction of sp³-hybridized carbons (Fsp3) is 0.211. The lowest BCUT2D eigenvalue weighted by molar-refractivity contribution is -0.137. The maximum absolute atomic E-state index is 13.0. The number of hydrogen-bond donors (Lipinski definition) is 1. The van der Waals surface area contributed by atoms with Crippen molar-refractivity contribution in [2.24, 2.45) is 0 Å². The highest BCUT2D eigenvalue weighted by Gasteiger charge is 2.31. The summed E-state index contributed by atoms with van der Waals surface area (Å²) in [6.07, 6.45) is -3.31. The lowest BCUT2D eigenvalue weighted by atomic mass is 10.2. The highest BCUT2D eigenvalue weighted by Crippen LogP contribution is 2.30. The van der Waals surface area contributed by atoms with Gasteiger partial charge in [0, 0.05) is 11.9 Å². The third-order valence-electron chi connectivity index (χ3n) is 4.13. The summed E-state index contributed by atoms with van der Waals surface area (Å²) in [5.41, 5.74) is 0.456. The zero-order chi connectivity index (χ0) is 20.5. The second kappa shape index (κ2) is 7.34. The quantitative estimate of drug-likeness (QED) is 0.684. The van der Waals surface area contributed by atoms with Gasteiger partial charge in [0.2, 0.25) is 0 Å². The molecule has 1 N–H and O–H groups in total. The Balaban J connectivity index is 1.97. The number of aromatic nitrogens is 2. The molecular weight excluding hydrogens is 375 g/mol. The first-order valence-corrected chi connectivity index (χ1v) is 8.32. The van der Waals surface area contributed by atoms with Gasteiger partial charge in [0.05, 0.1) is 23.9 Å². The van der Waals surface area contributed by atoms with E-state index in [0.29, 0.717) is 23.4 Å². The largest absolute Gasteiger partial charge is 0.465 e. The van der Waals surface area contributed by atoms with Gasteiger partial charge < -0.3 is 10.1 Å². The van der Waals surface area contributed by atoms with Crippen LogP contribution in [-0.4, -0.2) is 28.4 Å². The zero-order valence-corrected chi connectivity index (χ0v) is 15.0. The van der Waals surface area contributed by atoms with Crippen molar-refractivity contribution in [2.75, 3.05) is 12.4 Å². The summed E-state index contributed by atoms with van der Waals surface area (Å²) in [5.74, 6) is -1.12. The van der Waals surface area contributed by atoms with Crippen LogP contribution in [0.25, 0.3) is 5.65 Å². The standard InChI is InChI=1S/C19H16F3N3O3/c1-3-14-16(25-10-12(19(20,21)22)6-9-15(25)24-14)17(26)23-13-7-4-11(5-8-13)18(27)28-2/h4-10H,3H2,1-2H3,(H,23,26). The number of amides is 1. The number of carbonyl (C=O) groups is 2. The predicted octanol–water partition coefficient (Wildman–Crippen LogP) is 3.95. The SMILES string of the molecule is CCc1nc2ccc(C(F)(F)F)cn2c1C(=O)Nc1ccc(C(=O)OC)cc1. The number of rotatable bonds is 4. The van der Waals surface area contributed by atoms with Crippen molar-refractivity contribution < 1.29 is 27.5 Å². The van der Waals surface area contributed by atoms with Gasteiger partial charge in [-0.25, -0.2) is 9.78 Å². The molecule has 0 saturated heterocycles. The Morgan fingerprint density at radius 3 is 2.39 bits per heavy atom. The number of fused-ring (bicyclic) bond motifs is 1. The molecule has 0 saturated carbocycles. The van der Waals surface area contributed by atoms with Crippen LogP contribution >= 0.6 is 0 Å². The van der Waals surface area contributed by atoms with Gasteiger partial charge in [0.1, 0.15) is 11.3 Å². The fourth-order valence-electron chi connectivity index (χ4n) is 2.75. The molecular formula is C19H16F3N3O3. The van der Waals surface area contributed by atoms with Gasteiger partial charge in [0.15, 0.2) is 0 Å². The van der Waals surface area contributed by atoms with Gasteiger partial charge >= 0.3 is 12.1 Å². The van der Waals surface area contributed by atoms with Crippen LogP contribution in [0.1, 0.15) is 39.0 Å². The fourth-order valence-corrected chi connectivity index (χ4v) is 2.75. The molecule has 6 nitrogen and oxygen atoms in total. The molecule has 0 atom stereocenters. The minimum Gasteiger partial charge on any atom is -0.465 e. The predicted molar refractivity (Wildman–Crippen MR) is 95.3 cm³/mol. The Morgan fingerprint density at radius 2 is 1.82 bits per heavy atom. The number of methoxy groups -OCH3 is 1. The molecule has 0 radical (unpaired) electrons. The summed E-state index contributed by atoms with van der Waals surface area (Å²) in [4.78, 5) is 28.5. The van der Waals surface area contributed by atoms with Crippen molar-refractivity contribution in [3.63, 3.8) is 0 Å². The number of esters is 1. The normalized spacial score (nSPS) is 11.5. The molecule has 0 aliphatic rings. The average molecular weight is 391 g/mol. The molecule has 9 heteroatoms. The van der Waals surface area contributed by atoms with E-state index < -0.39 is 23.6 Å². The molecule has 3 aromatic rings. The van der Waals surface area contributed by atoms with E-state index in [1.807, 2.05) is 0 Å². The third kappa shape index (κ3) is 3.68.